The Bertz CT molecular complexity index is 942. The molecule has 1 aliphatic carbocycles. The maximum absolute atomic E-state index is 5.96. The van der Waals surface area contributed by atoms with E-state index in [-0.39, 0.29) is 12.1 Å². The number of fused-ring (bicyclic) bond motifs is 1. The molecule has 31 heavy (non-hydrogen) atoms. The molecular weight excluding hydrogens is 402 g/mol. The van der Waals surface area contributed by atoms with Crippen LogP contribution >= 0.6 is 0 Å². The summed E-state index contributed by atoms with van der Waals surface area (Å²) in [5, 5.41) is 8.03. The molecule has 0 aromatic carbocycles. The van der Waals surface area contributed by atoms with E-state index in [0.29, 0.717) is 12.6 Å². The van der Waals surface area contributed by atoms with Gasteiger partial charge < -0.3 is 14.6 Å². The summed E-state index contributed by atoms with van der Waals surface area (Å²) >= 11 is 0. The van der Waals surface area contributed by atoms with Crippen molar-refractivity contribution >= 4 is 20.2 Å². The van der Waals surface area contributed by atoms with E-state index in [4.69, 9.17) is 21.3 Å². The van der Waals surface area contributed by atoms with Crippen molar-refractivity contribution in [1.29, 1.82) is 0 Å². The van der Waals surface area contributed by atoms with Gasteiger partial charge in [0.1, 0.15) is 18.6 Å². The van der Waals surface area contributed by atoms with Crippen molar-refractivity contribution in [1.82, 2.24) is 14.3 Å². The Hall–Kier alpha value is -2.30. The van der Waals surface area contributed by atoms with Crippen molar-refractivity contribution in [3.8, 4) is 12.3 Å². The number of rotatable bonds is 9. The third-order valence-corrected chi connectivity index (χ3v) is 8.19. The fraction of sp³-hybridized carbons (Fsp3) is 0.583. The number of hydrogen-bond donors (Lipinski definition) is 1. The standard InChI is InChI=1S/C24H35N5OSi/c1-5-8-22(19-9-6-7-10-19)29-16-20(15-27-29)23-21-11-12-28(24(21)26-17-25-23)18-30-13-14-31(2,3)4/h1,11-12,15-17,19,22-23H,6-10,13-14,18H2,2-4H3,(H,25,26). The highest BCUT2D eigenvalue weighted by Crippen LogP contribution is 2.38. The molecule has 0 bridgehead atoms. The van der Waals surface area contributed by atoms with Crippen LogP contribution < -0.4 is 5.32 Å². The smallest absolute Gasteiger partial charge is 0.124 e. The van der Waals surface area contributed by atoms with Crippen molar-refractivity contribution in [2.24, 2.45) is 10.9 Å². The quantitative estimate of drug-likeness (QED) is 0.329. The summed E-state index contributed by atoms with van der Waals surface area (Å²) in [6, 6.07) is 3.55. The van der Waals surface area contributed by atoms with Crippen molar-refractivity contribution in [2.75, 3.05) is 11.9 Å². The van der Waals surface area contributed by atoms with Gasteiger partial charge in [0.25, 0.3) is 0 Å². The maximum Gasteiger partial charge on any atom is 0.124 e. The lowest BCUT2D eigenvalue weighted by molar-refractivity contribution is 0.0888. The monoisotopic (exact) mass is 437 g/mol. The third-order valence-electron chi connectivity index (χ3n) is 6.49. The van der Waals surface area contributed by atoms with Gasteiger partial charge in [-0.05, 0) is 30.9 Å². The van der Waals surface area contributed by atoms with Gasteiger partial charge in [-0.15, -0.1) is 12.3 Å². The summed E-state index contributed by atoms with van der Waals surface area (Å²) in [5.74, 6) is 4.55. The molecule has 4 rings (SSSR count). The second-order valence-electron chi connectivity index (χ2n) is 10.0. The number of aromatic nitrogens is 3. The van der Waals surface area contributed by atoms with Crippen LogP contribution in [-0.4, -0.2) is 35.4 Å². The van der Waals surface area contributed by atoms with E-state index in [1.165, 1.54) is 31.7 Å². The molecule has 3 heterocycles. The first kappa shape index (κ1) is 21.9. The van der Waals surface area contributed by atoms with Gasteiger partial charge in [-0.25, -0.2) is 0 Å². The van der Waals surface area contributed by atoms with Crippen LogP contribution in [0.5, 0.6) is 0 Å². The fourth-order valence-electron chi connectivity index (χ4n) is 4.66. The molecule has 0 amide bonds. The molecule has 2 aromatic rings. The number of nitrogens with zero attached hydrogens (tertiary/aromatic N) is 4. The van der Waals surface area contributed by atoms with E-state index in [2.05, 4.69) is 58.6 Å². The van der Waals surface area contributed by atoms with Crippen LogP contribution in [0.25, 0.3) is 0 Å². The van der Waals surface area contributed by atoms with Gasteiger partial charge in [0, 0.05) is 44.6 Å². The van der Waals surface area contributed by atoms with Crippen LogP contribution in [0.15, 0.2) is 29.6 Å². The molecule has 166 valence electrons. The van der Waals surface area contributed by atoms with Gasteiger partial charge in [-0.3, -0.25) is 9.67 Å². The molecule has 2 aliphatic rings. The number of anilines is 1. The normalized spacial score (nSPS) is 19.7. The van der Waals surface area contributed by atoms with Crippen LogP contribution in [0.3, 0.4) is 0 Å². The van der Waals surface area contributed by atoms with E-state index >= 15 is 0 Å². The highest BCUT2D eigenvalue weighted by Gasteiger charge is 2.29. The van der Waals surface area contributed by atoms with Gasteiger partial charge >= 0.3 is 0 Å². The zero-order valence-electron chi connectivity index (χ0n) is 19.1. The van der Waals surface area contributed by atoms with Crippen molar-refractivity contribution in [2.45, 2.75) is 76.6 Å². The van der Waals surface area contributed by atoms with Gasteiger partial charge in [0.15, 0.2) is 0 Å². The summed E-state index contributed by atoms with van der Waals surface area (Å²) in [5.41, 5.74) is 2.27. The lowest BCUT2D eigenvalue weighted by Gasteiger charge is -2.22. The number of terminal acetylenes is 1. The molecule has 0 radical (unpaired) electrons. The molecule has 2 aromatic heterocycles. The van der Waals surface area contributed by atoms with E-state index < -0.39 is 8.07 Å². The van der Waals surface area contributed by atoms with Gasteiger partial charge in [-0.2, -0.15) is 5.10 Å². The number of ether oxygens (including phenoxy) is 1. The fourth-order valence-corrected chi connectivity index (χ4v) is 5.42. The SMILES string of the molecule is C#CCC(C1CCCC1)n1cc(C2N=CNc3c2ccn3COCC[Si](C)(C)C)cn1. The zero-order valence-corrected chi connectivity index (χ0v) is 20.1. The van der Waals surface area contributed by atoms with Crippen molar-refractivity contribution in [3.05, 3.63) is 35.8 Å². The molecule has 1 N–H and O–H groups in total. The third kappa shape index (κ3) is 5.13. The minimum atomic E-state index is -1.08. The Morgan fingerprint density at radius 2 is 2.13 bits per heavy atom. The van der Waals surface area contributed by atoms with E-state index in [0.717, 1.165) is 30.0 Å². The average Bonchev–Trinajstić information content (AvgIpc) is 3.50. The topological polar surface area (TPSA) is 56.4 Å². The number of hydrogen-bond acceptors (Lipinski definition) is 4. The van der Waals surface area contributed by atoms with Crippen LogP contribution in [0.1, 0.15) is 55.3 Å². The molecule has 2 atom stereocenters. The number of nitrogens with one attached hydrogen (secondary N) is 1. The highest BCUT2D eigenvalue weighted by molar-refractivity contribution is 6.76. The Kier molecular flexibility index (Phi) is 6.68. The van der Waals surface area contributed by atoms with Crippen LogP contribution in [0.4, 0.5) is 5.82 Å². The van der Waals surface area contributed by atoms with Crippen LogP contribution in [-0.2, 0) is 11.5 Å². The predicted molar refractivity (Wildman–Crippen MR) is 129 cm³/mol. The van der Waals surface area contributed by atoms with Crippen molar-refractivity contribution in [3.63, 3.8) is 0 Å². The molecule has 1 aliphatic heterocycles. The molecule has 6 nitrogen and oxygen atoms in total. The van der Waals surface area contributed by atoms with E-state index in [1.807, 2.05) is 6.20 Å². The summed E-state index contributed by atoms with van der Waals surface area (Å²) in [6.07, 6.45) is 19.5. The molecule has 0 saturated heterocycles. The van der Waals surface area contributed by atoms with Crippen LogP contribution in [0, 0.1) is 18.3 Å². The van der Waals surface area contributed by atoms with E-state index in [9.17, 15) is 0 Å². The summed E-state index contributed by atoms with van der Waals surface area (Å²) in [4.78, 5) is 4.72. The minimum absolute atomic E-state index is 0.0525. The summed E-state index contributed by atoms with van der Waals surface area (Å²) < 4.78 is 10.2. The minimum Gasteiger partial charge on any atom is -0.361 e. The molecule has 1 fully saturated rings. The average molecular weight is 438 g/mol. The molecular formula is C24H35N5OSi. The Morgan fingerprint density at radius 1 is 1.32 bits per heavy atom. The second-order valence-corrected chi connectivity index (χ2v) is 15.7. The first-order chi connectivity index (χ1) is 15.0. The summed E-state index contributed by atoms with van der Waals surface area (Å²) in [6.45, 7) is 8.48. The van der Waals surface area contributed by atoms with Gasteiger partial charge in [-0.1, -0.05) is 32.5 Å². The zero-order chi connectivity index (χ0) is 21.8. The van der Waals surface area contributed by atoms with Gasteiger partial charge in [0.2, 0.25) is 0 Å². The Labute approximate surface area is 187 Å². The largest absolute Gasteiger partial charge is 0.361 e. The van der Waals surface area contributed by atoms with Gasteiger partial charge in [0.05, 0.1) is 18.6 Å². The lowest BCUT2D eigenvalue weighted by atomic mass is 9.95. The first-order valence-electron chi connectivity index (χ1n) is 11.5. The molecule has 2 unspecified atom stereocenters. The van der Waals surface area contributed by atoms with Crippen LogP contribution in [0.2, 0.25) is 25.7 Å². The number of aliphatic imine (C=N–C) groups is 1. The van der Waals surface area contributed by atoms with E-state index in [1.54, 1.807) is 6.34 Å². The van der Waals surface area contributed by atoms with Crippen molar-refractivity contribution < 1.29 is 4.74 Å². The maximum atomic E-state index is 5.96. The Morgan fingerprint density at radius 3 is 2.87 bits per heavy atom. The summed E-state index contributed by atoms with van der Waals surface area (Å²) in [7, 11) is -1.08. The Balaban J connectivity index is 1.47. The molecule has 7 heteroatoms. The molecule has 1 saturated carbocycles. The lowest BCUT2D eigenvalue weighted by Crippen LogP contribution is -2.22. The molecule has 0 spiro atoms. The predicted octanol–water partition coefficient (Wildman–Crippen LogP) is 5.29. The first-order valence-corrected chi connectivity index (χ1v) is 15.2. The second kappa shape index (κ2) is 9.45. The highest BCUT2D eigenvalue weighted by atomic mass is 28.3.